The molecule has 0 saturated heterocycles. The van der Waals surface area contributed by atoms with E-state index in [9.17, 15) is 0 Å². The molecule has 0 spiro atoms. The third-order valence-corrected chi connectivity index (χ3v) is 3.51. The van der Waals surface area contributed by atoms with Crippen LogP contribution in [0.4, 0.5) is 0 Å². The molecule has 0 saturated carbocycles. The van der Waals surface area contributed by atoms with E-state index in [1.54, 1.807) is 18.4 Å². The van der Waals surface area contributed by atoms with E-state index in [0.717, 1.165) is 24.4 Å². The second-order valence-corrected chi connectivity index (χ2v) is 5.07. The van der Waals surface area contributed by atoms with Crippen LogP contribution < -0.4 is 4.74 Å². The predicted octanol–water partition coefficient (Wildman–Crippen LogP) is 3.73. The third kappa shape index (κ3) is 1.63. The molecule has 68 valence electrons. The second kappa shape index (κ2) is 3.40. The van der Waals surface area contributed by atoms with Crippen LogP contribution in [0.2, 0.25) is 0 Å². The van der Waals surface area contributed by atoms with Crippen LogP contribution in [0.1, 0.15) is 0 Å². The molecule has 0 atom stereocenters. The lowest BCUT2D eigenvalue weighted by molar-refractivity contribution is 0.413. The molecule has 0 unspecified atom stereocenters. The standard InChI is InChI=1S/C8H6BrNOS2/c1-11-6-3-7-5(2-4(6)9)10-8(12)13-7/h2-3H,1H3,(H,10,12). The number of methoxy groups -OCH3 is 1. The van der Waals surface area contributed by atoms with Crippen LogP contribution in [-0.4, -0.2) is 12.1 Å². The van der Waals surface area contributed by atoms with Crippen molar-refractivity contribution in [2.45, 2.75) is 0 Å². The second-order valence-electron chi connectivity index (χ2n) is 2.50. The zero-order valence-corrected chi connectivity index (χ0v) is 9.98. The van der Waals surface area contributed by atoms with E-state index in [1.807, 2.05) is 12.1 Å². The van der Waals surface area contributed by atoms with Gasteiger partial charge in [0.2, 0.25) is 0 Å². The summed E-state index contributed by atoms with van der Waals surface area (Å²) in [5.41, 5.74) is 1.04. The van der Waals surface area contributed by atoms with Crippen molar-refractivity contribution >= 4 is 49.7 Å². The van der Waals surface area contributed by atoms with Crippen molar-refractivity contribution in [3.8, 4) is 5.75 Å². The quantitative estimate of drug-likeness (QED) is 0.803. The van der Waals surface area contributed by atoms with E-state index in [-0.39, 0.29) is 0 Å². The van der Waals surface area contributed by atoms with E-state index in [1.165, 1.54) is 0 Å². The first kappa shape index (κ1) is 9.18. The number of thiazole rings is 1. The third-order valence-electron chi connectivity index (χ3n) is 1.69. The van der Waals surface area contributed by atoms with Crippen molar-refractivity contribution in [3.05, 3.63) is 20.6 Å². The number of halogens is 1. The molecule has 2 rings (SSSR count). The number of hydrogen-bond donors (Lipinski definition) is 1. The number of hydrogen-bond acceptors (Lipinski definition) is 3. The van der Waals surface area contributed by atoms with E-state index in [4.69, 9.17) is 17.0 Å². The first-order valence-corrected chi connectivity index (χ1v) is 5.59. The van der Waals surface area contributed by atoms with Gasteiger partial charge < -0.3 is 9.72 Å². The Hall–Kier alpha value is -0.390. The lowest BCUT2D eigenvalue weighted by atomic mass is 10.3. The summed E-state index contributed by atoms with van der Waals surface area (Å²) in [6, 6.07) is 3.94. The van der Waals surface area contributed by atoms with E-state index >= 15 is 0 Å². The number of benzene rings is 1. The smallest absolute Gasteiger partial charge is 0.159 e. The Morgan fingerprint density at radius 3 is 3.00 bits per heavy atom. The van der Waals surface area contributed by atoms with Gasteiger partial charge in [-0.1, -0.05) is 0 Å². The highest BCUT2D eigenvalue weighted by Gasteiger charge is 2.04. The number of nitrogens with one attached hydrogen (secondary N) is 1. The molecule has 1 aromatic heterocycles. The molecule has 1 N–H and O–H groups in total. The van der Waals surface area contributed by atoms with Gasteiger partial charge in [-0.3, -0.25) is 0 Å². The molecule has 1 aromatic carbocycles. The van der Waals surface area contributed by atoms with Crippen LogP contribution in [0.5, 0.6) is 5.75 Å². The first-order chi connectivity index (χ1) is 6.20. The Morgan fingerprint density at radius 1 is 1.54 bits per heavy atom. The number of aromatic nitrogens is 1. The Labute approximate surface area is 92.7 Å². The van der Waals surface area contributed by atoms with Crippen molar-refractivity contribution in [1.29, 1.82) is 0 Å². The van der Waals surface area contributed by atoms with Crippen molar-refractivity contribution in [1.82, 2.24) is 4.98 Å². The van der Waals surface area contributed by atoms with Crippen LogP contribution >= 0.6 is 39.5 Å². The Kier molecular flexibility index (Phi) is 2.40. The highest BCUT2D eigenvalue weighted by molar-refractivity contribution is 9.10. The average Bonchev–Trinajstić information content (AvgIpc) is 2.42. The number of aromatic amines is 1. The summed E-state index contributed by atoms with van der Waals surface area (Å²) in [6.45, 7) is 0. The number of ether oxygens (including phenoxy) is 1. The van der Waals surface area contributed by atoms with Crippen LogP contribution in [0.15, 0.2) is 16.6 Å². The molecular weight excluding hydrogens is 270 g/mol. The van der Waals surface area contributed by atoms with E-state index < -0.39 is 0 Å². The van der Waals surface area contributed by atoms with Gasteiger partial charge in [0.05, 0.1) is 21.8 Å². The van der Waals surface area contributed by atoms with Gasteiger partial charge in [-0.15, -0.1) is 11.3 Å². The number of fused-ring (bicyclic) bond motifs is 1. The molecule has 0 radical (unpaired) electrons. The highest BCUT2D eigenvalue weighted by Crippen LogP contribution is 2.31. The van der Waals surface area contributed by atoms with Crippen LogP contribution in [0, 0.1) is 3.95 Å². The normalized spacial score (nSPS) is 10.6. The lowest BCUT2D eigenvalue weighted by Crippen LogP contribution is -1.83. The van der Waals surface area contributed by atoms with Gasteiger partial charge in [0.15, 0.2) is 3.95 Å². The van der Waals surface area contributed by atoms with Gasteiger partial charge in [0.25, 0.3) is 0 Å². The summed E-state index contributed by atoms with van der Waals surface area (Å²) in [5, 5.41) is 0. The van der Waals surface area contributed by atoms with Crippen molar-refractivity contribution < 1.29 is 4.74 Å². The van der Waals surface area contributed by atoms with Crippen LogP contribution in [0.25, 0.3) is 10.2 Å². The number of H-pyrrole nitrogens is 1. The van der Waals surface area contributed by atoms with Crippen LogP contribution in [-0.2, 0) is 0 Å². The molecule has 2 nitrogen and oxygen atoms in total. The lowest BCUT2D eigenvalue weighted by Gasteiger charge is -2.01. The monoisotopic (exact) mass is 275 g/mol. The van der Waals surface area contributed by atoms with Gasteiger partial charge in [-0.25, -0.2) is 0 Å². The molecule has 13 heavy (non-hydrogen) atoms. The largest absolute Gasteiger partial charge is 0.496 e. The highest BCUT2D eigenvalue weighted by atomic mass is 79.9. The fourth-order valence-corrected chi connectivity index (χ4v) is 2.74. The molecule has 0 fully saturated rings. The maximum absolute atomic E-state index is 5.17. The van der Waals surface area contributed by atoms with Gasteiger partial charge in [0, 0.05) is 6.07 Å². The molecule has 2 aromatic rings. The van der Waals surface area contributed by atoms with Crippen LogP contribution in [0.3, 0.4) is 0 Å². The Morgan fingerprint density at radius 2 is 2.31 bits per heavy atom. The summed E-state index contributed by atoms with van der Waals surface area (Å²) in [6.07, 6.45) is 0. The van der Waals surface area contributed by atoms with Gasteiger partial charge in [0.1, 0.15) is 5.75 Å². The summed E-state index contributed by atoms with van der Waals surface area (Å²) in [4.78, 5) is 3.10. The van der Waals surface area contributed by atoms with Crippen molar-refractivity contribution in [2.75, 3.05) is 7.11 Å². The molecule has 0 aliphatic heterocycles. The Bertz CT molecular complexity index is 502. The molecule has 5 heteroatoms. The molecule has 1 heterocycles. The molecule has 0 aliphatic carbocycles. The molecule has 0 aliphatic rings. The number of rotatable bonds is 1. The van der Waals surface area contributed by atoms with Gasteiger partial charge in [-0.05, 0) is 34.2 Å². The zero-order chi connectivity index (χ0) is 9.42. The SMILES string of the molecule is COc1cc2sc(=S)[nH]c2cc1Br. The van der Waals surface area contributed by atoms with Crippen molar-refractivity contribution in [2.24, 2.45) is 0 Å². The topological polar surface area (TPSA) is 25.0 Å². The minimum atomic E-state index is 0.787. The van der Waals surface area contributed by atoms with Crippen molar-refractivity contribution in [3.63, 3.8) is 0 Å². The summed E-state index contributed by atoms with van der Waals surface area (Å²) in [5.74, 6) is 0.831. The average molecular weight is 276 g/mol. The Balaban J connectivity index is 2.80. The maximum atomic E-state index is 5.17. The maximum Gasteiger partial charge on any atom is 0.159 e. The molecule has 0 bridgehead atoms. The minimum absolute atomic E-state index is 0.787. The fraction of sp³-hybridized carbons (Fsp3) is 0.125. The summed E-state index contributed by atoms with van der Waals surface area (Å²) in [7, 11) is 1.65. The summed E-state index contributed by atoms with van der Waals surface area (Å²) >= 11 is 10.0. The fourth-order valence-electron chi connectivity index (χ4n) is 1.11. The summed E-state index contributed by atoms with van der Waals surface area (Å²) < 4.78 is 8.01. The predicted molar refractivity (Wildman–Crippen MR) is 61.3 cm³/mol. The van der Waals surface area contributed by atoms with Gasteiger partial charge in [-0.2, -0.15) is 0 Å². The first-order valence-electron chi connectivity index (χ1n) is 3.57. The van der Waals surface area contributed by atoms with E-state index in [0.29, 0.717) is 0 Å². The van der Waals surface area contributed by atoms with E-state index in [2.05, 4.69) is 20.9 Å². The van der Waals surface area contributed by atoms with Gasteiger partial charge >= 0.3 is 0 Å². The minimum Gasteiger partial charge on any atom is -0.496 e. The molecule has 0 amide bonds. The molecular formula is C8H6BrNOS2. The zero-order valence-electron chi connectivity index (χ0n) is 6.76.